The predicted octanol–water partition coefficient (Wildman–Crippen LogP) is 1.64. The number of hydrogen-bond donors (Lipinski definition) is 1. The molecule has 0 aliphatic carbocycles. The van der Waals surface area contributed by atoms with E-state index < -0.39 is 0 Å². The Labute approximate surface area is 132 Å². The van der Waals surface area contributed by atoms with Gasteiger partial charge in [-0.15, -0.1) is 0 Å². The Kier molecular flexibility index (Phi) is 5.55. The molecule has 0 unspecified atom stereocenters. The van der Waals surface area contributed by atoms with E-state index in [-0.39, 0.29) is 30.4 Å². The normalized spacial score (nSPS) is 18.5. The minimum Gasteiger partial charge on any atom is -0.358 e. The second-order valence-corrected chi connectivity index (χ2v) is 5.94. The lowest BCUT2D eigenvalue weighted by Gasteiger charge is -2.30. The smallest absolute Gasteiger partial charge is 0.241 e. The van der Waals surface area contributed by atoms with Gasteiger partial charge in [0.15, 0.2) is 0 Å². The van der Waals surface area contributed by atoms with Crippen LogP contribution in [-0.4, -0.2) is 48.9 Å². The minimum absolute atomic E-state index is 0.00103. The van der Waals surface area contributed by atoms with Gasteiger partial charge in [-0.25, -0.2) is 0 Å². The van der Waals surface area contributed by atoms with Crippen LogP contribution in [0, 0.1) is 0 Å². The fraction of sp³-hybridized carbons (Fsp3) is 0.529. The molecule has 2 amide bonds. The highest BCUT2D eigenvalue weighted by atomic mass is 16.2. The van der Waals surface area contributed by atoms with Gasteiger partial charge in [-0.05, 0) is 45.4 Å². The van der Waals surface area contributed by atoms with E-state index >= 15 is 0 Å². The van der Waals surface area contributed by atoms with Gasteiger partial charge in [0.2, 0.25) is 11.8 Å². The first-order valence-electron chi connectivity index (χ1n) is 7.87. The van der Waals surface area contributed by atoms with Crippen LogP contribution in [0.3, 0.4) is 0 Å². The molecule has 5 nitrogen and oxygen atoms in total. The van der Waals surface area contributed by atoms with Gasteiger partial charge < -0.3 is 10.2 Å². The average molecular weight is 303 g/mol. The molecule has 1 N–H and O–H groups in total. The molecule has 1 atom stereocenters. The number of likely N-dealkylation sites (tertiary alicyclic amines) is 1. The number of nitrogens with zero attached hydrogens (tertiary/aromatic N) is 2. The van der Waals surface area contributed by atoms with E-state index in [0.29, 0.717) is 0 Å². The summed E-state index contributed by atoms with van der Waals surface area (Å²) >= 11 is 0. The number of amides is 2. The Balaban J connectivity index is 2.10. The molecule has 0 bridgehead atoms. The lowest BCUT2D eigenvalue weighted by Crippen LogP contribution is -2.48. The van der Waals surface area contributed by atoms with E-state index in [1.807, 2.05) is 49.1 Å². The maximum atomic E-state index is 12.8. The number of rotatable bonds is 5. The van der Waals surface area contributed by atoms with Crippen LogP contribution >= 0.6 is 0 Å². The summed E-state index contributed by atoms with van der Waals surface area (Å²) in [6.07, 6.45) is 1.78. The quantitative estimate of drug-likeness (QED) is 0.899. The third-order valence-electron chi connectivity index (χ3n) is 4.07. The standard InChI is InChI=1S/C17H25N3O2/c1-13(2)20(14-8-5-4-6-9-14)16(21)12-19-11-7-10-15(19)17(22)18-3/h4-6,8-9,13,15H,7,10-12H2,1-3H3,(H,18,22)/t15-/m0/s1. The number of para-hydroxylation sites is 1. The number of carbonyl (C=O) groups excluding carboxylic acids is 2. The fourth-order valence-corrected chi connectivity index (χ4v) is 3.05. The van der Waals surface area contributed by atoms with E-state index in [2.05, 4.69) is 5.32 Å². The van der Waals surface area contributed by atoms with E-state index in [1.165, 1.54) is 0 Å². The highest BCUT2D eigenvalue weighted by molar-refractivity contribution is 5.95. The molecule has 120 valence electrons. The van der Waals surface area contributed by atoms with Gasteiger partial charge in [0.05, 0.1) is 12.6 Å². The fourth-order valence-electron chi connectivity index (χ4n) is 3.05. The second-order valence-electron chi connectivity index (χ2n) is 5.94. The molecule has 1 aromatic carbocycles. The van der Waals surface area contributed by atoms with Crippen LogP contribution in [-0.2, 0) is 9.59 Å². The molecule has 22 heavy (non-hydrogen) atoms. The van der Waals surface area contributed by atoms with Gasteiger partial charge in [-0.1, -0.05) is 18.2 Å². The summed E-state index contributed by atoms with van der Waals surface area (Å²) < 4.78 is 0. The van der Waals surface area contributed by atoms with Crippen LogP contribution < -0.4 is 10.2 Å². The molecule has 1 fully saturated rings. The zero-order valence-corrected chi connectivity index (χ0v) is 13.6. The van der Waals surface area contributed by atoms with Gasteiger partial charge in [0, 0.05) is 18.8 Å². The van der Waals surface area contributed by atoms with E-state index in [4.69, 9.17) is 0 Å². The predicted molar refractivity (Wildman–Crippen MR) is 87.7 cm³/mol. The summed E-state index contributed by atoms with van der Waals surface area (Å²) in [6, 6.07) is 9.59. The van der Waals surface area contributed by atoms with Crippen LogP contribution in [0.5, 0.6) is 0 Å². The van der Waals surface area contributed by atoms with Crippen molar-refractivity contribution in [3.63, 3.8) is 0 Å². The van der Waals surface area contributed by atoms with Crippen molar-refractivity contribution in [2.24, 2.45) is 0 Å². The number of likely N-dealkylation sites (N-methyl/N-ethyl adjacent to an activating group) is 1. The third kappa shape index (κ3) is 3.65. The van der Waals surface area contributed by atoms with Crippen molar-refractivity contribution < 1.29 is 9.59 Å². The van der Waals surface area contributed by atoms with Gasteiger partial charge in [0.25, 0.3) is 0 Å². The molecule has 1 aliphatic rings. The molecule has 2 rings (SSSR count). The molecule has 1 aliphatic heterocycles. The first-order chi connectivity index (χ1) is 10.5. The molecular formula is C17H25N3O2. The summed E-state index contributed by atoms with van der Waals surface area (Å²) in [4.78, 5) is 28.4. The Morgan fingerprint density at radius 1 is 1.32 bits per heavy atom. The highest BCUT2D eigenvalue weighted by Gasteiger charge is 2.32. The topological polar surface area (TPSA) is 52.7 Å². The van der Waals surface area contributed by atoms with Gasteiger partial charge in [-0.2, -0.15) is 0 Å². The molecule has 1 heterocycles. The third-order valence-corrected chi connectivity index (χ3v) is 4.07. The van der Waals surface area contributed by atoms with Crippen molar-refractivity contribution in [2.45, 2.75) is 38.8 Å². The molecule has 0 saturated carbocycles. The van der Waals surface area contributed by atoms with Gasteiger partial charge in [0.1, 0.15) is 0 Å². The van der Waals surface area contributed by atoms with E-state index in [0.717, 1.165) is 25.1 Å². The number of nitrogens with one attached hydrogen (secondary N) is 1. The number of carbonyl (C=O) groups is 2. The first-order valence-corrected chi connectivity index (χ1v) is 7.87. The first kappa shape index (κ1) is 16.5. The average Bonchev–Trinajstić information content (AvgIpc) is 2.95. The summed E-state index contributed by atoms with van der Waals surface area (Å²) in [5, 5.41) is 2.69. The number of benzene rings is 1. The summed E-state index contributed by atoms with van der Waals surface area (Å²) in [5.41, 5.74) is 0.901. The molecular weight excluding hydrogens is 278 g/mol. The second kappa shape index (κ2) is 7.40. The Bertz CT molecular complexity index is 516. The van der Waals surface area contributed by atoms with Gasteiger partial charge >= 0.3 is 0 Å². The summed E-state index contributed by atoms with van der Waals surface area (Å²) in [7, 11) is 1.64. The largest absolute Gasteiger partial charge is 0.358 e. The van der Waals surface area contributed by atoms with Crippen molar-refractivity contribution in [1.82, 2.24) is 10.2 Å². The van der Waals surface area contributed by atoms with E-state index in [1.54, 1.807) is 11.9 Å². The van der Waals surface area contributed by atoms with Crippen LogP contribution in [0.1, 0.15) is 26.7 Å². The monoisotopic (exact) mass is 303 g/mol. The summed E-state index contributed by atoms with van der Waals surface area (Å²) in [6.45, 7) is 5.09. The number of hydrogen-bond acceptors (Lipinski definition) is 3. The Hall–Kier alpha value is -1.88. The lowest BCUT2D eigenvalue weighted by molar-refractivity contribution is -0.126. The van der Waals surface area contributed by atoms with E-state index in [9.17, 15) is 9.59 Å². The molecule has 5 heteroatoms. The molecule has 0 spiro atoms. The maximum Gasteiger partial charge on any atom is 0.241 e. The lowest BCUT2D eigenvalue weighted by atomic mass is 10.2. The van der Waals surface area contributed by atoms with Crippen molar-refractivity contribution in [3.05, 3.63) is 30.3 Å². The molecule has 1 saturated heterocycles. The summed E-state index contributed by atoms with van der Waals surface area (Å²) in [5.74, 6) is 0.0399. The van der Waals surface area contributed by atoms with Crippen LogP contribution in [0.4, 0.5) is 5.69 Å². The van der Waals surface area contributed by atoms with Crippen LogP contribution in [0.2, 0.25) is 0 Å². The minimum atomic E-state index is -0.182. The van der Waals surface area contributed by atoms with Crippen molar-refractivity contribution >= 4 is 17.5 Å². The highest BCUT2D eigenvalue weighted by Crippen LogP contribution is 2.20. The maximum absolute atomic E-state index is 12.8. The molecule has 0 radical (unpaired) electrons. The zero-order valence-electron chi connectivity index (χ0n) is 13.6. The van der Waals surface area contributed by atoms with Crippen molar-refractivity contribution in [1.29, 1.82) is 0 Å². The van der Waals surface area contributed by atoms with Crippen molar-refractivity contribution in [3.8, 4) is 0 Å². The van der Waals surface area contributed by atoms with Crippen molar-refractivity contribution in [2.75, 3.05) is 25.0 Å². The van der Waals surface area contributed by atoms with Crippen LogP contribution in [0.15, 0.2) is 30.3 Å². The SMILES string of the molecule is CNC(=O)[C@@H]1CCCN1CC(=O)N(c1ccccc1)C(C)C. The molecule has 1 aromatic rings. The molecule has 0 aromatic heterocycles. The Morgan fingerprint density at radius 3 is 2.59 bits per heavy atom. The zero-order chi connectivity index (χ0) is 16.1. The van der Waals surface area contributed by atoms with Crippen LogP contribution in [0.25, 0.3) is 0 Å². The van der Waals surface area contributed by atoms with Gasteiger partial charge in [-0.3, -0.25) is 14.5 Å². The Morgan fingerprint density at radius 2 is 2.00 bits per heavy atom. The number of anilines is 1.